The van der Waals surface area contributed by atoms with Gasteiger partial charge in [-0.05, 0) is 18.2 Å². The summed E-state index contributed by atoms with van der Waals surface area (Å²) in [4.78, 5) is 22.6. The van der Waals surface area contributed by atoms with E-state index in [1.54, 1.807) is 31.4 Å². The number of nitro benzene ring substituents is 1. The number of aromatic amines is 1. The van der Waals surface area contributed by atoms with Crippen LogP contribution in [-0.4, -0.2) is 34.4 Å². The zero-order valence-corrected chi connectivity index (χ0v) is 14.2. The molecule has 3 aromatic rings. The SMILES string of the molecule is COc1ccccc1/C=N\NC(=O)c1cc(-c2cccc([N+](=O)[O-])c2)n[nH]1. The standard InChI is InChI=1S/C18H15N5O4/c1-27-17-8-3-2-5-13(17)11-19-22-18(24)16-10-15(20-21-16)12-6-4-7-14(9-12)23(25)26/h2-11H,1H3,(H,20,21)(H,22,24)/b19-11-. The molecular weight excluding hydrogens is 350 g/mol. The summed E-state index contributed by atoms with van der Waals surface area (Å²) in [6.45, 7) is 0. The normalized spacial score (nSPS) is 10.7. The minimum absolute atomic E-state index is 0.0529. The van der Waals surface area contributed by atoms with Crippen molar-refractivity contribution in [2.24, 2.45) is 5.10 Å². The number of rotatable bonds is 6. The van der Waals surface area contributed by atoms with Gasteiger partial charge in [-0.3, -0.25) is 20.0 Å². The summed E-state index contributed by atoms with van der Waals surface area (Å²) in [7, 11) is 1.55. The summed E-state index contributed by atoms with van der Waals surface area (Å²) in [6.07, 6.45) is 1.47. The van der Waals surface area contributed by atoms with Crippen molar-refractivity contribution in [1.82, 2.24) is 15.6 Å². The van der Waals surface area contributed by atoms with E-state index >= 15 is 0 Å². The number of aromatic nitrogens is 2. The van der Waals surface area contributed by atoms with E-state index in [0.717, 1.165) is 0 Å². The molecule has 1 heterocycles. The first-order valence-corrected chi connectivity index (χ1v) is 7.85. The first-order chi connectivity index (χ1) is 13.1. The second kappa shape index (κ2) is 7.91. The number of ether oxygens (including phenoxy) is 1. The monoisotopic (exact) mass is 365 g/mol. The Balaban J connectivity index is 1.71. The molecule has 0 spiro atoms. The molecule has 9 nitrogen and oxygen atoms in total. The Morgan fingerprint density at radius 3 is 2.85 bits per heavy atom. The Bertz CT molecular complexity index is 1010. The van der Waals surface area contributed by atoms with Crippen molar-refractivity contribution < 1.29 is 14.5 Å². The van der Waals surface area contributed by atoms with Crippen LogP contribution in [0.4, 0.5) is 5.69 Å². The maximum atomic E-state index is 12.2. The maximum absolute atomic E-state index is 12.2. The minimum atomic E-state index is -0.495. The number of methoxy groups -OCH3 is 1. The predicted molar refractivity (Wildman–Crippen MR) is 98.7 cm³/mol. The highest BCUT2D eigenvalue weighted by molar-refractivity contribution is 5.94. The molecular formula is C18H15N5O4. The molecule has 0 aliphatic heterocycles. The maximum Gasteiger partial charge on any atom is 0.289 e. The lowest BCUT2D eigenvalue weighted by Crippen LogP contribution is -2.18. The number of para-hydroxylation sites is 1. The van der Waals surface area contributed by atoms with Crippen molar-refractivity contribution in [3.8, 4) is 17.0 Å². The molecule has 0 atom stereocenters. The van der Waals surface area contributed by atoms with Gasteiger partial charge in [0.2, 0.25) is 0 Å². The van der Waals surface area contributed by atoms with E-state index in [0.29, 0.717) is 22.6 Å². The van der Waals surface area contributed by atoms with Crippen LogP contribution in [0.25, 0.3) is 11.3 Å². The third kappa shape index (κ3) is 4.15. The number of hydrogen-bond donors (Lipinski definition) is 2. The minimum Gasteiger partial charge on any atom is -0.496 e. The van der Waals surface area contributed by atoms with Gasteiger partial charge in [0.15, 0.2) is 0 Å². The molecule has 136 valence electrons. The van der Waals surface area contributed by atoms with E-state index in [9.17, 15) is 14.9 Å². The van der Waals surface area contributed by atoms with Gasteiger partial charge in [-0.15, -0.1) is 0 Å². The fourth-order valence-corrected chi connectivity index (χ4v) is 2.36. The van der Waals surface area contributed by atoms with Crippen LogP contribution in [-0.2, 0) is 0 Å². The Hall–Kier alpha value is -4.01. The molecule has 0 aliphatic rings. The Kier molecular flexibility index (Phi) is 5.22. The topological polar surface area (TPSA) is 123 Å². The summed E-state index contributed by atoms with van der Waals surface area (Å²) in [5.74, 6) is 0.135. The number of nitro groups is 1. The molecule has 3 rings (SSSR count). The number of amides is 1. The predicted octanol–water partition coefficient (Wildman–Crippen LogP) is 2.76. The summed E-state index contributed by atoms with van der Waals surface area (Å²) in [5, 5.41) is 21.4. The quantitative estimate of drug-likeness (QED) is 0.395. The number of non-ortho nitro benzene ring substituents is 1. The van der Waals surface area contributed by atoms with Gasteiger partial charge in [-0.2, -0.15) is 10.2 Å². The fraction of sp³-hybridized carbons (Fsp3) is 0.0556. The molecule has 2 N–H and O–H groups in total. The first-order valence-electron chi connectivity index (χ1n) is 7.85. The van der Waals surface area contributed by atoms with Gasteiger partial charge in [0.05, 0.1) is 23.9 Å². The van der Waals surface area contributed by atoms with Crippen molar-refractivity contribution in [1.29, 1.82) is 0 Å². The molecule has 0 aliphatic carbocycles. The number of benzene rings is 2. The lowest BCUT2D eigenvalue weighted by atomic mass is 10.1. The molecule has 27 heavy (non-hydrogen) atoms. The van der Waals surface area contributed by atoms with Crippen LogP contribution in [0.5, 0.6) is 5.75 Å². The molecule has 1 aromatic heterocycles. The van der Waals surface area contributed by atoms with E-state index in [-0.39, 0.29) is 11.4 Å². The molecule has 0 bridgehead atoms. The zero-order valence-electron chi connectivity index (χ0n) is 14.2. The second-order valence-electron chi connectivity index (χ2n) is 5.42. The number of H-pyrrole nitrogens is 1. The van der Waals surface area contributed by atoms with Crippen molar-refractivity contribution in [3.63, 3.8) is 0 Å². The van der Waals surface area contributed by atoms with Crippen LogP contribution >= 0.6 is 0 Å². The zero-order chi connectivity index (χ0) is 19.2. The first kappa shape index (κ1) is 17.8. The smallest absolute Gasteiger partial charge is 0.289 e. The molecule has 0 saturated carbocycles. The summed E-state index contributed by atoms with van der Waals surface area (Å²) >= 11 is 0. The third-order valence-electron chi connectivity index (χ3n) is 3.68. The van der Waals surface area contributed by atoms with E-state index in [2.05, 4.69) is 20.7 Å². The highest BCUT2D eigenvalue weighted by Gasteiger charge is 2.13. The fourth-order valence-electron chi connectivity index (χ4n) is 2.36. The summed E-state index contributed by atoms with van der Waals surface area (Å²) < 4.78 is 5.20. The average Bonchev–Trinajstić information content (AvgIpc) is 3.19. The summed E-state index contributed by atoms with van der Waals surface area (Å²) in [5.41, 5.74) is 4.16. The number of hydrogen-bond acceptors (Lipinski definition) is 6. The van der Waals surface area contributed by atoms with Crippen molar-refractivity contribution in [3.05, 3.63) is 76.0 Å². The van der Waals surface area contributed by atoms with Gasteiger partial charge in [-0.25, -0.2) is 5.43 Å². The van der Waals surface area contributed by atoms with Crippen LogP contribution in [0.15, 0.2) is 59.7 Å². The number of hydrazone groups is 1. The van der Waals surface area contributed by atoms with Gasteiger partial charge >= 0.3 is 0 Å². The van der Waals surface area contributed by atoms with Crippen LogP contribution < -0.4 is 10.2 Å². The highest BCUT2D eigenvalue weighted by atomic mass is 16.6. The van der Waals surface area contributed by atoms with Gasteiger partial charge < -0.3 is 4.74 Å². The lowest BCUT2D eigenvalue weighted by molar-refractivity contribution is -0.384. The Labute approximate surface area is 153 Å². The van der Waals surface area contributed by atoms with Crippen LogP contribution in [0.3, 0.4) is 0 Å². The molecule has 0 radical (unpaired) electrons. The second-order valence-corrected chi connectivity index (χ2v) is 5.42. The molecule has 9 heteroatoms. The number of nitrogens with one attached hydrogen (secondary N) is 2. The van der Waals surface area contributed by atoms with E-state index in [4.69, 9.17) is 4.74 Å². The third-order valence-corrected chi connectivity index (χ3v) is 3.68. The van der Waals surface area contributed by atoms with Gasteiger partial charge in [0.1, 0.15) is 11.4 Å². The van der Waals surface area contributed by atoms with Crippen molar-refractivity contribution in [2.75, 3.05) is 7.11 Å². The number of nitrogens with zero attached hydrogens (tertiary/aromatic N) is 3. The summed E-state index contributed by atoms with van der Waals surface area (Å²) in [6, 6.07) is 14.7. The largest absolute Gasteiger partial charge is 0.496 e. The van der Waals surface area contributed by atoms with Crippen molar-refractivity contribution >= 4 is 17.8 Å². The highest BCUT2D eigenvalue weighted by Crippen LogP contribution is 2.22. The molecule has 1 amide bonds. The van der Waals surface area contributed by atoms with E-state index in [1.165, 1.54) is 24.4 Å². The van der Waals surface area contributed by atoms with Gasteiger partial charge in [0.25, 0.3) is 11.6 Å². The molecule has 0 fully saturated rings. The average molecular weight is 365 g/mol. The lowest BCUT2D eigenvalue weighted by Gasteiger charge is -2.02. The molecule has 2 aromatic carbocycles. The van der Waals surface area contributed by atoms with Crippen molar-refractivity contribution in [2.45, 2.75) is 0 Å². The van der Waals surface area contributed by atoms with Gasteiger partial charge in [0, 0.05) is 23.3 Å². The van der Waals surface area contributed by atoms with Crippen LogP contribution in [0.1, 0.15) is 16.1 Å². The van der Waals surface area contributed by atoms with E-state index in [1.807, 2.05) is 12.1 Å². The Morgan fingerprint density at radius 2 is 2.07 bits per heavy atom. The van der Waals surface area contributed by atoms with Crippen LogP contribution in [0.2, 0.25) is 0 Å². The van der Waals surface area contributed by atoms with E-state index < -0.39 is 10.8 Å². The molecule has 0 saturated heterocycles. The Morgan fingerprint density at radius 1 is 1.26 bits per heavy atom. The number of carbonyl (C=O) groups is 1. The van der Waals surface area contributed by atoms with Crippen LogP contribution in [0, 0.1) is 10.1 Å². The van der Waals surface area contributed by atoms with Gasteiger partial charge in [-0.1, -0.05) is 24.3 Å². The molecule has 0 unspecified atom stereocenters. The number of carbonyl (C=O) groups excluding carboxylic acids is 1.